The van der Waals surface area contributed by atoms with Gasteiger partial charge in [-0.15, -0.1) is 0 Å². The Labute approximate surface area is 98.7 Å². The molecule has 0 radical (unpaired) electrons. The SMILES string of the molecule is N#Cc1cc(COc2cccc(O)c2)ccn1. The first-order chi connectivity index (χ1) is 8.28. The number of hydrogen-bond donors (Lipinski definition) is 1. The van der Waals surface area contributed by atoms with E-state index in [1.165, 1.54) is 6.07 Å². The molecule has 1 heterocycles. The zero-order valence-corrected chi connectivity index (χ0v) is 9.00. The van der Waals surface area contributed by atoms with Gasteiger partial charge in [0.05, 0.1) is 0 Å². The summed E-state index contributed by atoms with van der Waals surface area (Å²) in [5.41, 5.74) is 1.22. The summed E-state index contributed by atoms with van der Waals surface area (Å²) in [5.74, 6) is 0.746. The first-order valence-electron chi connectivity index (χ1n) is 5.05. The van der Waals surface area contributed by atoms with E-state index in [0.717, 1.165) is 5.56 Å². The Balaban J connectivity index is 2.05. The van der Waals surface area contributed by atoms with Gasteiger partial charge in [-0.25, -0.2) is 4.98 Å². The molecule has 0 atom stereocenters. The molecule has 1 aromatic heterocycles. The van der Waals surface area contributed by atoms with Crippen LogP contribution in [0.1, 0.15) is 11.3 Å². The lowest BCUT2D eigenvalue weighted by molar-refractivity contribution is 0.304. The molecule has 4 heteroatoms. The maximum absolute atomic E-state index is 9.26. The van der Waals surface area contributed by atoms with Crippen LogP contribution in [-0.4, -0.2) is 10.1 Å². The van der Waals surface area contributed by atoms with Crippen molar-refractivity contribution in [1.82, 2.24) is 4.98 Å². The molecule has 2 rings (SSSR count). The number of pyridine rings is 1. The van der Waals surface area contributed by atoms with E-state index in [4.69, 9.17) is 10.00 Å². The Morgan fingerprint density at radius 2 is 2.18 bits per heavy atom. The second kappa shape index (κ2) is 4.99. The molecule has 0 amide bonds. The molecule has 84 valence electrons. The Morgan fingerprint density at radius 1 is 1.29 bits per heavy atom. The minimum absolute atomic E-state index is 0.162. The first kappa shape index (κ1) is 11.0. The van der Waals surface area contributed by atoms with Gasteiger partial charge in [-0.2, -0.15) is 5.26 Å². The van der Waals surface area contributed by atoms with Crippen LogP contribution in [0.5, 0.6) is 11.5 Å². The quantitative estimate of drug-likeness (QED) is 0.871. The van der Waals surface area contributed by atoms with Crippen molar-refractivity contribution in [2.24, 2.45) is 0 Å². The van der Waals surface area contributed by atoms with E-state index in [1.54, 1.807) is 36.5 Å². The van der Waals surface area contributed by atoms with E-state index in [1.807, 2.05) is 6.07 Å². The van der Waals surface area contributed by atoms with E-state index >= 15 is 0 Å². The van der Waals surface area contributed by atoms with E-state index in [-0.39, 0.29) is 5.75 Å². The van der Waals surface area contributed by atoms with Gasteiger partial charge < -0.3 is 9.84 Å². The van der Waals surface area contributed by atoms with E-state index in [0.29, 0.717) is 18.1 Å². The zero-order chi connectivity index (χ0) is 12.1. The number of phenols is 1. The van der Waals surface area contributed by atoms with Gasteiger partial charge in [0.15, 0.2) is 0 Å². The summed E-state index contributed by atoms with van der Waals surface area (Å²) < 4.78 is 5.48. The number of nitrogens with zero attached hydrogens (tertiary/aromatic N) is 2. The maximum Gasteiger partial charge on any atom is 0.140 e. The van der Waals surface area contributed by atoms with Gasteiger partial charge in [-0.05, 0) is 29.8 Å². The summed E-state index contributed by atoms with van der Waals surface area (Å²) in [5, 5.41) is 18.0. The monoisotopic (exact) mass is 226 g/mol. The van der Waals surface area contributed by atoms with Gasteiger partial charge >= 0.3 is 0 Å². The second-order valence-electron chi connectivity index (χ2n) is 3.45. The molecule has 0 unspecified atom stereocenters. The molecule has 0 bridgehead atoms. The number of nitriles is 1. The third-order valence-corrected chi connectivity index (χ3v) is 2.16. The van der Waals surface area contributed by atoms with Crippen molar-refractivity contribution < 1.29 is 9.84 Å². The molecule has 0 aliphatic heterocycles. The number of aromatic hydroxyl groups is 1. The molecule has 0 fully saturated rings. The standard InChI is InChI=1S/C13H10N2O2/c14-8-11-6-10(4-5-15-11)9-17-13-3-1-2-12(16)7-13/h1-7,16H,9H2. The molecule has 0 saturated heterocycles. The number of aromatic nitrogens is 1. The number of hydrogen-bond acceptors (Lipinski definition) is 4. The predicted molar refractivity (Wildman–Crippen MR) is 61.4 cm³/mol. The normalized spacial score (nSPS) is 9.59. The van der Waals surface area contributed by atoms with Gasteiger partial charge in [0.2, 0.25) is 0 Å². The molecule has 1 N–H and O–H groups in total. The van der Waals surface area contributed by atoms with Crippen molar-refractivity contribution in [3.05, 3.63) is 53.9 Å². The van der Waals surface area contributed by atoms with E-state index in [9.17, 15) is 5.11 Å². The first-order valence-corrected chi connectivity index (χ1v) is 5.05. The van der Waals surface area contributed by atoms with E-state index in [2.05, 4.69) is 4.98 Å². The van der Waals surface area contributed by atoms with Crippen molar-refractivity contribution in [2.45, 2.75) is 6.61 Å². The largest absolute Gasteiger partial charge is 0.508 e. The maximum atomic E-state index is 9.26. The van der Waals surface area contributed by atoms with Gasteiger partial charge in [-0.1, -0.05) is 6.07 Å². The minimum Gasteiger partial charge on any atom is -0.508 e. The lowest BCUT2D eigenvalue weighted by Crippen LogP contribution is -1.96. The molecule has 4 nitrogen and oxygen atoms in total. The average molecular weight is 226 g/mol. The minimum atomic E-state index is 0.162. The van der Waals surface area contributed by atoms with Crippen LogP contribution in [0, 0.1) is 11.3 Å². The van der Waals surface area contributed by atoms with Crippen LogP contribution in [0.2, 0.25) is 0 Å². The topological polar surface area (TPSA) is 66.1 Å². The Hall–Kier alpha value is -2.54. The Bertz CT molecular complexity index is 561. The van der Waals surface area contributed by atoms with E-state index < -0.39 is 0 Å². The van der Waals surface area contributed by atoms with Gasteiger partial charge in [0.25, 0.3) is 0 Å². The predicted octanol–water partition coefficient (Wildman–Crippen LogP) is 2.24. The van der Waals surface area contributed by atoms with Gasteiger partial charge in [-0.3, -0.25) is 0 Å². The molecule has 0 spiro atoms. The summed E-state index contributed by atoms with van der Waals surface area (Å²) in [4.78, 5) is 3.87. The van der Waals surface area contributed by atoms with Crippen LogP contribution in [-0.2, 0) is 6.61 Å². The Kier molecular flexibility index (Phi) is 3.22. The van der Waals surface area contributed by atoms with Crippen LogP contribution in [0.4, 0.5) is 0 Å². The lowest BCUT2D eigenvalue weighted by Gasteiger charge is -2.06. The molecule has 17 heavy (non-hydrogen) atoms. The van der Waals surface area contributed by atoms with Crippen LogP contribution in [0.15, 0.2) is 42.6 Å². The highest BCUT2D eigenvalue weighted by atomic mass is 16.5. The third kappa shape index (κ3) is 2.95. The molecular formula is C13H10N2O2. The van der Waals surface area contributed by atoms with Crippen LogP contribution in [0.25, 0.3) is 0 Å². The molecule has 0 saturated carbocycles. The van der Waals surface area contributed by atoms with Crippen molar-refractivity contribution >= 4 is 0 Å². The van der Waals surface area contributed by atoms with Crippen LogP contribution >= 0.6 is 0 Å². The summed E-state index contributed by atoms with van der Waals surface area (Å²) in [7, 11) is 0. The molecule has 2 aromatic rings. The zero-order valence-electron chi connectivity index (χ0n) is 9.00. The summed E-state index contributed by atoms with van der Waals surface area (Å²) in [6, 6.07) is 12.0. The highest BCUT2D eigenvalue weighted by Crippen LogP contribution is 2.18. The highest BCUT2D eigenvalue weighted by molar-refractivity contribution is 5.32. The summed E-state index contributed by atoms with van der Waals surface area (Å²) in [6.45, 7) is 0.334. The van der Waals surface area contributed by atoms with Gasteiger partial charge in [0, 0.05) is 12.3 Å². The fourth-order valence-corrected chi connectivity index (χ4v) is 1.37. The number of benzene rings is 1. The second-order valence-corrected chi connectivity index (χ2v) is 3.45. The van der Waals surface area contributed by atoms with Gasteiger partial charge in [0.1, 0.15) is 29.9 Å². The van der Waals surface area contributed by atoms with Crippen molar-refractivity contribution in [3.8, 4) is 17.6 Å². The van der Waals surface area contributed by atoms with Crippen LogP contribution < -0.4 is 4.74 Å². The number of phenolic OH excluding ortho intramolecular Hbond substituents is 1. The smallest absolute Gasteiger partial charge is 0.140 e. The molecular weight excluding hydrogens is 216 g/mol. The fraction of sp³-hybridized carbons (Fsp3) is 0.0769. The number of rotatable bonds is 3. The Morgan fingerprint density at radius 3 is 2.94 bits per heavy atom. The van der Waals surface area contributed by atoms with Crippen molar-refractivity contribution in [1.29, 1.82) is 5.26 Å². The third-order valence-electron chi connectivity index (χ3n) is 2.16. The summed E-state index contributed by atoms with van der Waals surface area (Å²) >= 11 is 0. The highest BCUT2D eigenvalue weighted by Gasteiger charge is 1.99. The molecule has 0 aliphatic rings. The van der Waals surface area contributed by atoms with Crippen molar-refractivity contribution in [2.75, 3.05) is 0 Å². The van der Waals surface area contributed by atoms with Crippen LogP contribution in [0.3, 0.4) is 0 Å². The lowest BCUT2D eigenvalue weighted by atomic mass is 10.2. The number of ether oxygens (including phenoxy) is 1. The van der Waals surface area contributed by atoms with Crippen molar-refractivity contribution in [3.63, 3.8) is 0 Å². The molecule has 1 aromatic carbocycles. The fourth-order valence-electron chi connectivity index (χ4n) is 1.37. The summed E-state index contributed by atoms with van der Waals surface area (Å²) in [6.07, 6.45) is 1.57. The molecule has 0 aliphatic carbocycles. The average Bonchev–Trinajstić information content (AvgIpc) is 2.37.